The first-order chi connectivity index (χ1) is 12.8. The summed E-state index contributed by atoms with van der Waals surface area (Å²) in [5.41, 5.74) is -1.11. The number of carbonyl (C=O) groups is 2. The zero-order valence-electron chi connectivity index (χ0n) is 17.3. The minimum atomic E-state index is -3.75. The first kappa shape index (κ1) is 29.4. The number of rotatable bonds is 12. The molecule has 1 unspecified atom stereocenters. The maximum Gasteiger partial charge on any atom is 0.395 e. The lowest BCUT2D eigenvalue weighted by atomic mass is 10.1. The number of aliphatic carboxylic acids is 1. The lowest BCUT2D eigenvalue weighted by molar-refractivity contribution is -0.242. The molecule has 0 aliphatic heterocycles. The fourth-order valence-electron chi connectivity index (χ4n) is 1.84. The second-order valence-electron chi connectivity index (χ2n) is 5.72. The summed E-state index contributed by atoms with van der Waals surface area (Å²) >= 11 is 0. The predicted molar refractivity (Wildman–Crippen MR) is 97.8 cm³/mol. The second kappa shape index (κ2) is 14.2. The molecule has 1 atom stereocenters. The maximum absolute atomic E-state index is 11.7. The predicted octanol–water partition coefficient (Wildman–Crippen LogP) is 2.87. The molecule has 0 radical (unpaired) electrons. The van der Waals surface area contributed by atoms with Crippen LogP contribution in [0.25, 0.3) is 0 Å². The van der Waals surface area contributed by atoms with Crippen LogP contribution in [0.15, 0.2) is 0 Å². The molecular formula is C14H30O12P2. The molecule has 0 saturated heterocycles. The van der Waals surface area contributed by atoms with Crippen LogP contribution in [-0.4, -0.2) is 63.4 Å². The third kappa shape index (κ3) is 11.2. The molecule has 0 aromatic carbocycles. The minimum Gasteiger partial charge on any atom is -0.481 e. The number of carboxylic acid groups (broad SMARTS) is 1. The molecule has 28 heavy (non-hydrogen) atoms. The molecule has 14 heteroatoms. The van der Waals surface area contributed by atoms with E-state index in [1.54, 1.807) is 27.7 Å². The van der Waals surface area contributed by atoms with Crippen LogP contribution < -0.4 is 0 Å². The first-order valence-corrected chi connectivity index (χ1v) is 11.3. The highest BCUT2D eigenvalue weighted by Crippen LogP contribution is 2.54. The molecular weight excluding hydrogens is 422 g/mol. The van der Waals surface area contributed by atoms with Crippen molar-refractivity contribution >= 4 is 27.1 Å². The number of hydrogen-bond acceptors (Lipinski definition) is 11. The van der Waals surface area contributed by atoms with E-state index in [1.165, 1.54) is 14.2 Å². The molecule has 0 aromatic heterocycles. The van der Waals surface area contributed by atoms with Crippen molar-refractivity contribution in [2.75, 3.05) is 34.6 Å². The summed E-state index contributed by atoms with van der Waals surface area (Å²) in [4.78, 5) is 30.3. The van der Waals surface area contributed by atoms with E-state index in [-0.39, 0.29) is 12.0 Å². The molecule has 0 saturated carbocycles. The Labute approximate surface area is 164 Å². The van der Waals surface area contributed by atoms with Gasteiger partial charge in [0.25, 0.3) is 0 Å². The van der Waals surface area contributed by atoms with Crippen molar-refractivity contribution in [3.8, 4) is 0 Å². The van der Waals surface area contributed by atoms with Crippen molar-refractivity contribution in [2.45, 2.75) is 39.5 Å². The molecule has 0 fully saturated rings. The summed E-state index contributed by atoms with van der Waals surface area (Å²) in [5, 5.41) is 8.81. The summed E-state index contributed by atoms with van der Waals surface area (Å²) in [6, 6.07) is 0. The van der Waals surface area contributed by atoms with E-state index in [0.29, 0.717) is 0 Å². The van der Waals surface area contributed by atoms with Gasteiger partial charge in [0.05, 0.1) is 20.3 Å². The van der Waals surface area contributed by atoms with Crippen molar-refractivity contribution in [1.82, 2.24) is 0 Å². The van der Waals surface area contributed by atoms with Gasteiger partial charge in [-0.25, -0.2) is 9.78 Å². The van der Waals surface area contributed by atoms with Gasteiger partial charge < -0.3 is 18.9 Å². The zero-order valence-corrected chi connectivity index (χ0v) is 19.1. The van der Waals surface area contributed by atoms with Gasteiger partial charge in [0.2, 0.25) is 0 Å². The van der Waals surface area contributed by atoms with Crippen LogP contribution in [0.5, 0.6) is 0 Å². The summed E-state index contributed by atoms with van der Waals surface area (Å²) in [7, 11) is -2.61. The molecule has 0 rings (SSSR count). The van der Waals surface area contributed by atoms with Crippen LogP contribution in [0.2, 0.25) is 0 Å². The fraction of sp³-hybridized carbons (Fsp3) is 0.857. The standard InChI is InChI=1S/C7H15O7P.C7H15O5P/c1-6(2)12-7(8)5-15(9,13-10-3)14-11-4;1-5(2)6(7(8)9)13(10,11-3)12-4/h6H,5H2,1-4H3;5-6H,1-4H3,(H,8,9). The molecule has 0 aliphatic carbocycles. The van der Waals surface area contributed by atoms with Crippen LogP contribution in [0.3, 0.4) is 0 Å². The summed E-state index contributed by atoms with van der Waals surface area (Å²) in [6.07, 6.45) is -0.886. The zero-order chi connectivity index (χ0) is 22.5. The largest absolute Gasteiger partial charge is 0.481 e. The van der Waals surface area contributed by atoms with Crippen LogP contribution in [0, 0.1) is 5.92 Å². The quantitative estimate of drug-likeness (QED) is 0.200. The Morgan fingerprint density at radius 1 is 0.893 bits per heavy atom. The average molecular weight is 452 g/mol. The van der Waals surface area contributed by atoms with Crippen LogP contribution in [0.1, 0.15) is 27.7 Å². The lowest BCUT2D eigenvalue weighted by Gasteiger charge is -2.23. The van der Waals surface area contributed by atoms with E-state index in [1.807, 2.05) is 0 Å². The number of carboxylic acids is 1. The van der Waals surface area contributed by atoms with Crippen LogP contribution >= 0.6 is 15.2 Å². The lowest BCUT2D eigenvalue weighted by Crippen LogP contribution is -2.27. The summed E-state index contributed by atoms with van der Waals surface area (Å²) in [5.74, 6) is -2.19. The second-order valence-corrected chi connectivity index (χ2v) is 9.92. The third-order valence-electron chi connectivity index (χ3n) is 2.80. The normalized spacial score (nSPS) is 13.1. The summed E-state index contributed by atoms with van der Waals surface area (Å²) < 4.78 is 46.0. The highest BCUT2D eigenvalue weighted by atomic mass is 31.2. The number of hydrogen-bond donors (Lipinski definition) is 1. The molecule has 12 nitrogen and oxygen atoms in total. The Morgan fingerprint density at radius 2 is 1.32 bits per heavy atom. The summed E-state index contributed by atoms with van der Waals surface area (Å²) in [6.45, 7) is 6.64. The van der Waals surface area contributed by atoms with Crippen molar-refractivity contribution in [3.63, 3.8) is 0 Å². The van der Waals surface area contributed by atoms with E-state index >= 15 is 0 Å². The Hall–Kier alpha value is -0.840. The van der Waals surface area contributed by atoms with Gasteiger partial charge >= 0.3 is 27.1 Å². The Bertz CT molecular complexity index is 545. The molecule has 0 heterocycles. The number of carbonyl (C=O) groups excluding carboxylic acids is 1. The third-order valence-corrected chi connectivity index (χ3v) is 6.71. The van der Waals surface area contributed by atoms with Gasteiger partial charge in [-0.15, -0.1) is 9.35 Å². The smallest absolute Gasteiger partial charge is 0.395 e. The highest BCUT2D eigenvalue weighted by molar-refractivity contribution is 7.55. The SMILES string of the molecule is COOP(=O)(CC(=O)OC(C)C)OOC.COP(=O)(OC)C(C(=O)O)C(C)C. The van der Waals surface area contributed by atoms with E-state index in [9.17, 15) is 18.7 Å². The molecule has 1 N–H and O–H groups in total. The van der Waals surface area contributed by atoms with Gasteiger partial charge in [0.15, 0.2) is 11.8 Å². The highest BCUT2D eigenvalue weighted by Gasteiger charge is 2.42. The number of ether oxygens (including phenoxy) is 1. The van der Waals surface area contributed by atoms with Crippen LogP contribution in [-0.2, 0) is 51.6 Å². The monoisotopic (exact) mass is 452 g/mol. The van der Waals surface area contributed by atoms with Gasteiger partial charge in [-0.3, -0.25) is 18.7 Å². The van der Waals surface area contributed by atoms with Gasteiger partial charge in [-0.2, -0.15) is 0 Å². The van der Waals surface area contributed by atoms with Crippen molar-refractivity contribution in [2.24, 2.45) is 5.92 Å². The molecule has 0 amide bonds. The Balaban J connectivity index is 0. The number of esters is 1. The van der Waals surface area contributed by atoms with Crippen LogP contribution in [0.4, 0.5) is 0 Å². The van der Waals surface area contributed by atoms with Crippen molar-refractivity contribution in [3.05, 3.63) is 0 Å². The molecule has 0 aromatic rings. The molecule has 168 valence electrons. The van der Waals surface area contributed by atoms with E-state index in [0.717, 1.165) is 14.2 Å². The first-order valence-electron chi connectivity index (χ1n) is 7.99. The van der Waals surface area contributed by atoms with Gasteiger partial charge in [-0.1, -0.05) is 13.8 Å². The van der Waals surface area contributed by atoms with Gasteiger partial charge in [0.1, 0.15) is 0 Å². The van der Waals surface area contributed by atoms with Crippen molar-refractivity contribution in [1.29, 1.82) is 0 Å². The minimum absolute atomic E-state index is 0.303. The Kier molecular flexibility index (Phi) is 14.9. The maximum atomic E-state index is 11.7. The fourth-order valence-corrected chi connectivity index (χ4v) is 4.42. The van der Waals surface area contributed by atoms with E-state index in [4.69, 9.17) is 9.84 Å². The van der Waals surface area contributed by atoms with Crippen molar-refractivity contribution < 1.29 is 56.7 Å². The molecule has 0 aliphatic rings. The average Bonchev–Trinajstić information content (AvgIpc) is 2.53. The topological polar surface area (TPSA) is 153 Å². The van der Waals surface area contributed by atoms with E-state index < -0.39 is 39.0 Å². The van der Waals surface area contributed by atoms with Gasteiger partial charge in [-0.05, 0) is 19.8 Å². The molecule has 0 bridgehead atoms. The molecule has 0 spiro atoms. The van der Waals surface area contributed by atoms with E-state index in [2.05, 4.69) is 28.2 Å². The Morgan fingerprint density at radius 3 is 1.54 bits per heavy atom. The van der Waals surface area contributed by atoms with Gasteiger partial charge in [0, 0.05) is 14.2 Å².